The quantitative estimate of drug-likeness (QED) is 0.565. The Morgan fingerprint density at radius 1 is 1.36 bits per heavy atom. The van der Waals surface area contributed by atoms with Gasteiger partial charge in [0.25, 0.3) is 0 Å². The standard InChI is InChI=1S/C8H8F3N2O/c1-13(14)5-2-3-6(7(12)4-5)8(9,10)11/h2-4H,12H2,1H3/q-1. The first-order valence-electron chi connectivity index (χ1n) is 3.70. The molecule has 14 heavy (non-hydrogen) atoms. The molecule has 0 atom stereocenters. The van der Waals surface area contributed by atoms with Crippen molar-refractivity contribution < 1.29 is 13.2 Å². The molecule has 1 rings (SSSR count). The molecule has 0 radical (unpaired) electrons. The number of nitrogens with two attached hydrogens (primary N) is 1. The molecule has 0 spiro atoms. The lowest BCUT2D eigenvalue weighted by atomic mass is 10.1. The number of nitrogens with zero attached hydrogens (tertiary/aromatic N) is 1. The summed E-state index contributed by atoms with van der Waals surface area (Å²) in [6.45, 7) is 0. The highest BCUT2D eigenvalue weighted by atomic mass is 19.4. The molecule has 0 aliphatic carbocycles. The average Bonchev–Trinajstić information content (AvgIpc) is 2.01. The Morgan fingerprint density at radius 3 is 2.29 bits per heavy atom. The van der Waals surface area contributed by atoms with Crippen LogP contribution < -0.4 is 10.8 Å². The van der Waals surface area contributed by atoms with Crippen LogP contribution in [0.15, 0.2) is 18.2 Å². The average molecular weight is 205 g/mol. The predicted octanol–water partition coefficient (Wildman–Crippen LogP) is 2.22. The Morgan fingerprint density at radius 2 is 1.93 bits per heavy atom. The second-order valence-corrected chi connectivity index (χ2v) is 2.77. The zero-order chi connectivity index (χ0) is 10.9. The molecule has 0 heterocycles. The second kappa shape index (κ2) is 3.38. The van der Waals surface area contributed by atoms with Crippen molar-refractivity contribution in [1.29, 1.82) is 0 Å². The van der Waals surface area contributed by atoms with E-state index in [2.05, 4.69) is 0 Å². The fourth-order valence-electron chi connectivity index (χ4n) is 1.00. The van der Waals surface area contributed by atoms with Gasteiger partial charge in [-0.15, -0.1) is 0 Å². The van der Waals surface area contributed by atoms with Gasteiger partial charge >= 0.3 is 6.18 Å². The number of alkyl halides is 3. The lowest BCUT2D eigenvalue weighted by Gasteiger charge is -2.25. The van der Waals surface area contributed by atoms with Gasteiger partial charge in [-0.25, -0.2) is 0 Å². The zero-order valence-corrected chi connectivity index (χ0v) is 7.30. The van der Waals surface area contributed by atoms with E-state index in [-0.39, 0.29) is 5.69 Å². The normalized spacial score (nSPS) is 11.5. The molecule has 3 nitrogen and oxygen atoms in total. The third-order valence-electron chi connectivity index (χ3n) is 1.70. The van der Waals surface area contributed by atoms with Gasteiger partial charge in [0, 0.05) is 11.4 Å². The number of hydrogen-bond donors (Lipinski definition) is 1. The summed E-state index contributed by atoms with van der Waals surface area (Å²) in [4.78, 5) is 0. The first-order valence-corrected chi connectivity index (χ1v) is 3.70. The number of halogens is 3. The van der Waals surface area contributed by atoms with Gasteiger partial charge in [0.05, 0.1) is 5.56 Å². The Kier molecular flexibility index (Phi) is 2.57. The lowest BCUT2D eigenvalue weighted by Crippen LogP contribution is -2.11. The number of hydrogen-bond acceptors (Lipinski definition) is 3. The molecule has 0 unspecified atom stereocenters. The molecule has 1 aromatic carbocycles. The van der Waals surface area contributed by atoms with Crippen LogP contribution in [-0.2, 0) is 6.18 Å². The molecule has 0 aliphatic rings. The van der Waals surface area contributed by atoms with Crippen LogP contribution in [0.2, 0.25) is 0 Å². The van der Waals surface area contributed by atoms with Crippen LogP contribution in [-0.4, -0.2) is 7.05 Å². The molecule has 0 bridgehead atoms. The molecule has 6 heteroatoms. The van der Waals surface area contributed by atoms with Gasteiger partial charge in [-0.2, -0.15) is 13.2 Å². The van der Waals surface area contributed by atoms with Gasteiger partial charge in [0.2, 0.25) is 0 Å². The van der Waals surface area contributed by atoms with E-state index in [1.165, 1.54) is 7.05 Å². The van der Waals surface area contributed by atoms with Gasteiger partial charge in [-0.1, -0.05) is 0 Å². The SMILES string of the molecule is CN([O-])c1ccc(C(F)(F)F)c(N)c1. The van der Waals surface area contributed by atoms with E-state index in [1.807, 2.05) is 0 Å². The molecular weight excluding hydrogens is 197 g/mol. The minimum Gasteiger partial charge on any atom is -0.758 e. The van der Waals surface area contributed by atoms with Crippen LogP contribution in [0.1, 0.15) is 5.56 Å². The van der Waals surface area contributed by atoms with Crippen LogP contribution in [0, 0.1) is 5.21 Å². The van der Waals surface area contributed by atoms with Crippen LogP contribution in [0.3, 0.4) is 0 Å². The topological polar surface area (TPSA) is 52.3 Å². The molecule has 1 aromatic rings. The Labute approximate surface area is 78.5 Å². The van der Waals surface area contributed by atoms with Gasteiger partial charge in [0.1, 0.15) is 0 Å². The molecule has 0 aromatic heterocycles. The second-order valence-electron chi connectivity index (χ2n) is 2.77. The maximum Gasteiger partial charge on any atom is 0.418 e. The minimum absolute atomic E-state index is 0.0931. The van der Waals surface area contributed by atoms with Crippen molar-refractivity contribution in [2.45, 2.75) is 6.18 Å². The molecule has 0 saturated heterocycles. The third kappa shape index (κ3) is 2.08. The summed E-state index contributed by atoms with van der Waals surface area (Å²) in [7, 11) is 1.18. The van der Waals surface area contributed by atoms with Crippen molar-refractivity contribution in [2.75, 3.05) is 17.8 Å². The number of anilines is 2. The van der Waals surface area contributed by atoms with Gasteiger partial charge < -0.3 is 16.0 Å². The Bertz CT molecular complexity index is 336. The summed E-state index contributed by atoms with van der Waals surface area (Å²) in [6, 6.07) is 2.86. The van der Waals surface area contributed by atoms with E-state index in [0.717, 1.165) is 18.2 Å². The number of benzene rings is 1. The first-order chi connectivity index (χ1) is 6.32. The maximum absolute atomic E-state index is 12.2. The smallest absolute Gasteiger partial charge is 0.418 e. The van der Waals surface area contributed by atoms with Crippen LogP contribution in [0.5, 0.6) is 0 Å². The predicted molar refractivity (Wildman–Crippen MR) is 47.6 cm³/mol. The molecule has 0 saturated carbocycles. The van der Waals surface area contributed by atoms with Crippen LogP contribution in [0.4, 0.5) is 24.5 Å². The third-order valence-corrected chi connectivity index (χ3v) is 1.70. The van der Waals surface area contributed by atoms with Crippen molar-refractivity contribution in [3.05, 3.63) is 29.0 Å². The fourth-order valence-corrected chi connectivity index (χ4v) is 1.00. The highest BCUT2D eigenvalue weighted by Gasteiger charge is 2.32. The van der Waals surface area contributed by atoms with E-state index < -0.39 is 17.4 Å². The van der Waals surface area contributed by atoms with Crippen molar-refractivity contribution in [3.8, 4) is 0 Å². The fraction of sp³-hybridized carbons (Fsp3) is 0.250. The van der Waals surface area contributed by atoms with Crippen LogP contribution >= 0.6 is 0 Å². The summed E-state index contributed by atoms with van der Waals surface area (Å²) in [5.41, 5.74) is 3.88. The van der Waals surface area contributed by atoms with E-state index in [4.69, 9.17) is 5.73 Å². The summed E-state index contributed by atoms with van der Waals surface area (Å²) < 4.78 is 36.6. The molecular formula is C8H8F3N2O-. The number of nitrogen functional groups attached to an aromatic ring is 1. The highest BCUT2D eigenvalue weighted by molar-refractivity contribution is 5.60. The summed E-state index contributed by atoms with van der Waals surface area (Å²) in [5, 5.41) is 11.2. The van der Waals surface area contributed by atoms with Gasteiger partial charge in [0.15, 0.2) is 0 Å². The molecule has 0 fully saturated rings. The van der Waals surface area contributed by atoms with Crippen LogP contribution in [0.25, 0.3) is 0 Å². The first kappa shape index (κ1) is 10.6. The highest BCUT2D eigenvalue weighted by Crippen LogP contribution is 2.35. The molecule has 2 N–H and O–H groups in total. The van der Waals surface area contributed by atoms with E-state index in [1.54, 1.807) is 0 Å². The summed E-state index contributed by atoms with van der Waals surface area (Å²) >= 11 is 0. The Balaban J connectivity index is 3.15. The van der Waals surface area contributed by atoms with E-state index >= 15 is 0 Å². The van der Waals surface area contributed by atoms with Crippen molar-refractivity contribution in [1.82, 2.24) is 0 Å². The van der Waals surface area contributed by atoms with Crippen molar-refractivity contribution in [2.24, 2.45) is 0 Å². The van der Waals surface area contributed by atoms with Gasteiger partial charge in [-0.05, 0) is 25.2 Å². The maximum atomic E-state index is 12.2. The molecule has 78 valence electrons. The van der Waals surface area contributed by atoms with E-state index in [0.29, 0.717) is 5.06 Å². The number of hydroxylamine groups is 1. The summed E-state index contributed by atoms with van der Waals surface area (Å²) in [6.07, 6.45) is -4.48. The zero-order valence-electron chi connectivity index (χ0n) is 7.30. The molecule has 0 aliphatic heterocycles. The monoisotopic (exact) mass is 205 g/mol. The Hall–Kier alpha value is -1.43. The largest absolute Gasteiger partial charge is 0.758 e. The lowest BCUT2D eigenvalue weighted by molar-refractivity contribution is -0.136. The minimum atomic E-state index is -4.48. The van der Waals surface area contributed by atoms with Crippen molar-refractivity contribution >= 4 is 11.4 Å². The van der Waals surface area contributed by atoms with Crippen molar-refractivity contribution in [3.63, 3.8) is 0 Å². The summed E-state index contributed by atoms with van der Waals surface area (Å²) in [5.74, 6) is 0. The van der Waals surface area contributed by atoms with E-state index in [9.17, 15) is 18.4 Å². The number of rotatable bonds is 1. The van der Waals surface area contributed by atoms with Gasteiger partial charge in [-0.3, -0.25) is 0 Å². The molecule has 0 amide bonds.